The van der Waals surface area contributed by atoms with Crippen LogP contribution in [0.2, 0.25) is 0 Å². The van der Waals surface area contributed by atoms with Crippen molar-refractivity contribution in [2.24, 2.45) is 4.99 Å². The van der Waals surface area contributed by atoms with E-state index in [-0.39, 0.29) is 17.5 Å². The summed E-state index contributed by atoms with van der Waals surface area (Å²) in [4.78, 5) is 16.3. The van der Waals surface area contributed by atoms with Crippen LogP contribution in [0.25, 0.3) is 0 Å². The zero-order valence-corrected chi connectivity index (χ0v) is 17.3. The van der Waals surface area contributed by atoms with Gasteiger partial charge in [-0.1, -0.05) is 43.2 Å². The van der Waals surface area contributed by atoms with Crippen molar-refractivity contribution in [3.8, 4) is 0 Å². The van der Waals surface area contributed by atoms with E-state index in [2.05, 4.69) is 65.4 Å². The molecule has 2 atom stereocenters. The summed E-state index contributed by atoms with van der Waals surface area (Å²) < 4.78 is 0. The maximum Gasteiger partial charge on any atom is 0.220 e. The molecule has 1 aromatic rings. The first-order valence-corrected chi connectivity index (χ1v) is 10.7. The third kappa shape index (κ3) is 5.71. The smallest absolute Gasteiger partial charge is 0.220 e. The van der Waals surface area contributed by atoms with Crippen LogP contribution in [0, 0.1) is 0 Å². The minimum absolute atomic E-state index is 0.0540. The van der Waals surface area contributed by atoms with E-state index in [0.29, 0.717) is 19.0 Å². The number of carbonyl (C=O) groups is 1. The van der Waals surface area contributed by atoms with E-state index in [1.54, 1.807) is 0 Å². The maximum atomic E-state index is 11.4. The Labute approximate surface area is 169 Å². The molecule has 0 radical (unpaired) electrons. The fraction of sp³-hybridized carbons (Fsp3) is 0.636. The number of piperidine rings is 1. The number of nitrogens with zero attached hydrogens (tertiary/aromatic N) is 1. The second-order valence-corrected chi connectivity index (χ2v) is 8.14. The van der Waals surface area contributed by atoms with E-state index in [4.69, 9.17) is 4.99 Å². The van der Waals surface area contributed by atoms with Gasteiger partial charge >= 0.3 is 0 Å². The highest BCUT2D eigenvalue weighted by Gasteiger charge is 2.35. The Morgan fingerprint density at radius 1 is 1.29 bits per heavy atom. The molecule has 0 spiro atoms. The van der Waals surface area contributed by atoms with Crippen molar-refractivity contribution in [1.82, 2.24) is 21.3 Å². The van der Waals surface area contributed by atoms with E-state index < -0.39 is 0 Å². The summed E-state index contributed by atoms with van der Waals surface area (Å²) in [7, 11) is 0. The first kappa shape index (κ1) is 20.6. The molecule has 1 saturated carbocycles. The molecule has 1 aromatic carbocycles. The van der Waals surface area contributed by atoms with Crippen LogP contribution in [0.5, 0.6) is 0 Å². The SMILES string of the molecule is CCNC(=NCC1(NC(C)c2ccccc2)CCCC1)NC1CCC(=O)NC1. The lowest BCUT2D eigenvalue weighted by Crippen LogP contribution is -2.52. The molecule has 1 saturated heterocycles. The van der Waals surface area contributed by atoms with E-state index in [9.17, 15) is 4.79 Å². The number of benzene rings is 1. The molecule has 2 aliphatic rings. The lowest BCUT2D eigenvalue weighted by molar-refractivity contribution is -0.122. The molecule has 0 bridgehead atoms. The predicted octanol–water partition coefficient (Wildman–Crippen LogP) is 2.48. The molecule has 3 rings (SSSR count). The van der Waals surface area contributed by atoms with Crippen molar-refractivity contribution in [1.29, 1.82) is 0 Å². The second kappa shape index (κ2) is 9.92. The zero-order valence-electron chi connectivity index (χ0n) is 17.3. The van der Waals surface area contributed by atoms with Gasteiger partial charge < -0.3 is 21.3 Å². The van der Waals surface area contributed by atoms with Gasteiger partial charge in [-0.2, -0.15) is 0 Å². The molecule has 1 amide bonds. The molecule has 154 valence electrons. The Kier molecular flexibility index (Phi) is 7.31. The summed E-state index contributed by atoms with van der Waals surface area (Å²) >= 11 is 0. The van der Waals surface area contributed by atoms with Crippen LogP contribution < -0.4 is 21.3 Å². The van der Waals surface area contributed by atoms with Gasteiger partial charge in [0.15, 0.2) is 5.96 Å². The van der Waals surface area contributed by atoms with Gasteiger partial charge in [-0.05, 0) is 38.7 Å². The molecule has 2 unspecified atom stereocenters. The summed E-state index contributed by atoms with van der Waals surface area (Å²) in [6.45, 7) is 6.58. The van der Waals surface area contributed by atoms with E-state index >= 15 is 0 Å². The largest absolute Gasteiger partial charge is 0.357 e. The normalized spacial score (nSPS) is 23.1. The van der Waals surface area contributed by atoms with Gasteiger partial charge in [-0.3, -0.25) is 9.79 Å². The van der Waals surface area contributed by atoms with Crippen LogP contribution in [-0.4, -0.2) is 43.1 Å². The van der Waals surface area contributed by atoms with Crippen molar-refractivity contribution in [3.05, 3.63) is 35.9 Å². The highest BCUT2D eigenvalue weighted by Crippen LogP contribution is 2.32. The lowest BCUT2D eigenvalue weighted by Gasteiger charge is -2.33. The van der Waals surface area contributed by atoms with Crippen molar-refractivity contribution >= 4 is 11.9 Å². The van der Waals surface area contributed by atoms with Gasteiger partial charge in [0.05, 0.1) is 6.54 Å². The molecule has 2 fully saturated rings. The number of aliphatic imine (C=N–C) groups is 1. The quantitative estimate of drug-likeness (QED) is 0.430. The summed E-state index contributed by atoms with van der Waals surface area (Å²) in [5, 5.41) is 13.7. The van der Waals surface area contributed by atoms with Crippen LogP contribution in [0.15, 0.2) is 35.3 Å². The lowest BCUT2D eigenvalue weighted by atomic mass is 9.95. The van der Waals surface area contributed by atoms with Crippen LogP contribution >= 0.6 is 0 Å². The van der Waals surface area contributed by atoms with E-state index in [0.717, 1.165) is 38.3 Å². The van der Waals surface area contributed by atoms with E-state index in [1.807, 2.05) is 0 Å². The molecular formula is C22H35N5O. The van der Waals surface area contributed by atoms with Crippen molar-refractivity contribution < 1.29 is 4.79 Å². The monoisotopic (exact) mass is 385 g/mol. The van der Waals surface area contributed by atoms with Crippen LogP contribution in [0.1, 0.15) is 64.0 Å². The average Bonchev–Trinajstić information content (AvgIpc) is 3.17. The van der Waals surface area contributed by atoms with Gasteiger partial charge in [-0.15, -0.1) is 0 Å². The number of guanidine groups is 1. The molecule has 1 aliphatic carbocycles. The molecule has 0 aromatic heterocycles. The number of hydrogen-bond acceptors (Lipinski definition) is 3. The van der Waals surface area contributed by atoms with Crippen LogP contribution in [0.3, 0.4) is 0 Å². The minimum atomic E-state index is 0.0540. The molecule has 6 nitrogen and oxygen atoms in total. The fourth-order valence-electron chi connectivity index (χ4n) is 4.28. The van der Waals surface area contributed by atoms with Gasteiger partial charge in [0.25, 0.3) is 0 Å². The Morgan fingerprint density at radius 2 is 2.04 bits per heavy atom. The maximum absolute atomic E-state index is 11.4. The van der Waals surface area contributed by atoms with Crippen molar-refractivity contribution in [2.75, 3.05) is 19.6 Å². The minimum Gasteiger partial charge on any atom is -0.357 e. The highest BCUT2D eigenvalue weighted by molar-refractivity contribution is 5.81. The summed E-state index contributed by atoms with van der Waals surface area (Å²) in [6, 6.07) is 11.2. The van der Waals surface area contributed by atoms with Gasteiger partial charge in [0.2, 0.25) is 5.91 Å². The third-order valence-corrected chi connectivity index (χ3v) is 5.87. The predicted molar refractivity (Wildman–Crippen MR) is 114 cm³/mol. The van der Waals surface area contributed by atoms with Gasteiger partial charge in [0, 0.05) is 37.1 Å². The summed E-state index contributed by atoms with van der Waals surface area (Å²) in [5.41, 5.74) is 1.37. The molecular weight excluding hydrogens is 350 g/mol. The number of rotatable bonds is 7. The molecule has 28 heavy (non-hydrogen) atoms. The summed E-state index contributed by atoms with van der Waals surface area (Å²) in [5.74, 6) is 0.994. The Bertz CT molecular complexity index is 644. The standard InChI is InChI=1S/C22H35N5O/c1-3-23-21(26-19-11-12-20(28)24-15-19)25-16-22(13-7-8-14-22)27-17(2)18-9-5-4-6-10-18/h4-6,9-10,17,19,27H,3,7-8,11-16H2,1-2H3,(H,24,28)(H2,23,25,26). The number of nitrogens with one attached hydrogen (secondary N) is 4. The summed E-state index contributed by atoms with van der Waals surface area (Å²) in [6.07, 6.45) is 6.26. The Balaban J connectivity index is 1.64. The molecule has 1 aliphatic heterocycles. The van der Waals surface area contributed by atoms with Crippen LogP contribution in [0.4, 0.5) is 0 Å². The van der Waals surface area contributed by atoms with Crippen LogP contribution in [-0.2, 0) is 4.79 Å². The van der Waals surface area contributed by atoms with Gasteiger partial charge in [0.1, 0.15) is 0 Å². The van der Waals surface area contributed by atoms with Crippen molar-refractivity contribution in [3.63, 3.8) is 0 Å². The number of hydrogen-bond donors (Lipinski definition) is 4. The second-order valence-electron chi connectivity index (χ2n) is 8.14. The Morgan fingerprint density at radius 3 is 2.68 bits per heavy atom. The zero-order chi connectivity index (χ0) is 19.8. The molecule has 6 heteroatoms. The van der Waals surface area contributed by atoms with Crippen molar-refractivity contribution in [2.45, 2.75) is 70.0 Å². The Hall–Kier alpha value is -2.08. The topological polar surface area (TPSA) is 77.6 Å². The third-order valence-electron chi connectivity index (χ3n) is 5.87. The first-order chi connectivity index (χ1) is 13.6. The highest BCUT2D eigenvalue weighted by atomic mass is 16.1. The average molecular weight is 386 g/mol. The molecule has 1 heterocycles. The fourth-order valence-corrected chi connectivity index (χ4v) is 4.28. The number of carbonyl (C=O) groups excluding carboxylic acids is 1. The van der Waals surface area contributed by atoms with Gasteiger partial charge in [-0.25, -0.2) is 0 Å². The number of amides is 1. The van der Waals surface area contributed by atoms with E-state index in [1.165, 1.54) is 18.4 Å². The first-order valence-electron chi connectivity index (χ1n) is 10.7. The molecule has 4 N–H and O–H groups in total.